The molecule has 0 heterocycles. The Morgan fingerprint density at radius 3 is 2.35 bits per heavy atom. The van der Waals surface area contributed by atoms with Crippen LogP contribution in [0, 0.1) is 13.8 Å². The van der Waals surface area contributed by atoms with Crippen molar-refractivity contribution >= 4 is 37.6 Å². The van der Waals surface area contributed by atoms with Crippen LogP contribution >= 0.6 is 15.9 Å². The van der Waals surface area contributed by atoms with Crippen LogP contribution in [0.25, 0.3) is 0 Å². The fourth-order valence-corrected chi connectivity index (χ4v) is 3.59. The Balaban J connectivity index is 2.79. The Morgan fingerprint density at radius 2 is 1.85 bits per heavy atom. The lowest BCUT2D eigenvalue weighted by molar-refractivity contribution is -0.142. The van der Waals surface area contributed by atoms with Gasteiger partial charge in [-0.15, -0.1) is 0 Å². The first-order chi connectivity index (χ1) is 9.25. The molecule has 0 unspecified atom stereocenters. The van der Waals surface area contributed by atoms with Gasteiger partial charge in [-0.2, -0.15) is 0 Å². The number of hydrogen-bond acceptors (Lipinski definition) is 4. The molecule has 0 saturated heterocycles. The largest absolute Gasteiger partial charge is 0.466 e. The second kappa shape index (κ2) is 7.08. The molecule has 0 aliphatic heterocycles. The van der Waals surface area contributed by atoms with Gasteiger partial charge in [-0.05, 0) is 44.0 Å². The van der Waals surface area contributed by atoms with Gasteiger partial charge in [-0.1, -0.05) is 15.9 Å². The maximum Gasteiger partial charge on any atom is 0.306 e. The quantitative estimate of drug-likeness (QED) is 0.788. The average molecular weight is 364 g/mol. The van der Waals surface area contributed by atoms with E-state index in [9.17, 15) is 13.2 Å². The Hall–Kier alpha value is -1.08. The highest BCUT2D eigenvalue weighted by molar-refractivity contribution is 9.10. The lowest BCUT2D eigenvalue weighted by atomic mass is 10.1. The first kappa shape index (κ1) is 17.0. The maximum atomic E-state index is 12.0. The molecule has 0 bridgehead atoms. The van der Waals surface area contributed by atoms with Gasteiger partial charge < -0.3 is 4.74 Å². The zero-order chi connectivity index (χ0) is 15.3. The summed E-state index contributed by atoms with van der Waals surface area (Å²) >= 11 is 3.36. The highest BCUT2D eigenvalue weighted by atomic mass is 79.9. The molecule has 0 atom stereocenters. The van der Waals surface area contributed by atoms with E-state index >= 15 is 0 Å². The maximum absolute atomic E-state index is 12.0. The van der Waals surface area contributed by atoms with Crippen LogP contribution in [0.4, 0.5) is 5.69 Å². The van der Waals surface area contributed by atoms with E-state index in [2.05, 4.69) is 20.7 Å². The van der Waals surface area contributed by atoms with Gasteiger partial charge in [-0.25, -0.2) is 8.42 Å². The molecule has 0 radical (unpaired) electrons. The summed E-state index contributed by atoms with van der Waals surface area (Å²) in [5, 5.41) is 0. The molecule has 0 aromatic heterocycles. The Kier molecular flexibility index (Phi) is 6.01. The number of halogens is 1. The predicted octanol–water partition coefficient (Wildman–Crippen LogP) is 2.76. The lowest BCUT2D eigenvalue weighted by Crippen LogP contribution is -2.21. The molecule has 112 valence electrons. The first-order valence-electron chi connectivity index (χ1n) is 6.18. The molecule has 0 amide bonds. The number of carbonyl (C=O) groups is 1. The molecule has 1 aromatic rings. The van der Waals surface area contributed by atoms with Gasteiger partial charge in [0.25, 0.3) is 0 Å². The standard InChI is InChI=1S/C13H18BrNO4S/c1-4-19-12(16)5-6-20(17,18)15-13-9(2)7-11(14)8-10(13)3/h7-8,15H,4-6H2,1-3H3. The number of nitrogens with one attached hydrogen (secondary N) is 1. The first-order valence-corrected chi connectivity index (χ1v) is 8.62. The molecule has 1 rings (SSSR count). The monoisotopic (exact) mass is 363 g/mol. The number of sulfonamides is 1. The van der Waals surface area contributed by atoms with E-state index in [-0.39, 0.29) is 18.8 Å². The molecule has 1 N–H and O–H groups in total. The van der Waals surface area contributed by atoms with Crippen molar-refractivity contribution in [2.75, 3.05) is 17.1 Å². The Bertz CT molecular complexity index is 575. The summed E-state index contributed by atoms with van der Waals surface area (Å²) in [5.74, 6) is -0.803. The van der Waals surface area contributed by atoms with Gasteiger partial charge in [0.1, 0.15) is 0 Å². The van der Waals surface area contributed by atoms with Crippen LogP contribution < -0.4 is 4.72 Å². The van der Waals surface area contributed by atoms with Crippen LogP contribution in [0.5, 0.6) is 0 Å². The molecule has 0 aliphatic carbocycles. The molecule has 20 heavy (non-hydrogen) atoms. The minimum absolute atomic E-state index is 0.155. The van der Waals surface area contributed by atoms with Crippen LogP contribution in [0.2, 0.25) is 0 Å². The topological polar surface area (TPSA) is 72.5 Å². The van der Waals surface area contributed by atoms with Crippen molar-refractivity contribution in [1.82, 2.24) is 0 Å². The Morgan fingerprint density at radius 1 is 1.30 bits per heavy atom. The summed E-state index contributed by atoms with van der Waals surface area (Å²) in [6, 6.07) is 3.66. The summed E-state index contributed by atoms with van der Waals surface area (Å²) in [7, 11) is -3.57. The van der Waals surface area contributed by atoms with Crippen molar-refractivity contribution in [3.05, 3.63) is 27.7 Å². The second-order valence-electron chi connectivity index (χ2n) is 4.39. The van der Waals surface area contributed by atoms with E-state index in [4.69, 9.17) is 4.74 Å². The molecule has 7 heteroatoms. The van der Waals surface area contributed by atoms with Crippen molar-refractivity contribution in [2.45, 2.75) is 27.2 Å². The van der Waals surface area contributed by atoms with Gasteiger partial charge >= 0.3 is 5.97 Å². The smallest absolute Gasteiger partial charge is 0.306 e. The zero-order valence-electron chi connectivity index (χ0n) is 11.7. The van der Waals surface area contributed by atoms with Gasteiger partial charge in [0.15, 0.2) is 0 Å². The van der Waals surface area contributed by atoms with E-state index in [1.54, 1.807) is 6.92 Å². The third-order valence-electron chi connectivity index (χ3n) is 2.64. The number of anilines is 1. The van der Waals surface area contributed by atoms with Gasteiger partial charge in [-0.3, -0.25) is 9.52 Å². The molecule has 0 fully saturated rings. The molecule has 0 spiro atoms. The molecule has 0 saturated carbocycles. The Labute approximate surface area is 127 Å². The van der Waals surface area contributed by atoms with Crippen LogP contribution in [0.1, 0.15) is 24.5 Å². The fourth-order valence-electron chi connectivity index (χ4n) is 1.73. The lowest BCUT2D eigenvalue weighted by Gasteiger charge is -2.13. The molecular formula is C13H18BrNO4S. The predicted molar refractivity (Wildman–Crippen MR) is 82.3 cm³/mol. The number of benzene rings is 1. The molecule has 0 aliphatic rings. The van der Waals surface area contributed by atoms with Gasteiger partial charge in [0, 0.05) is 4.47 Å². The number of esters is 1. The van der Waals surface area contributed by atoms with Gasteiger partial charge in [0.2, 0.25) is 10.0 Å². The molecule has 1 aromatic carbocycles. The number of hydrogen-bond donors (Lipinski definition) is 1. The number of ether oxygens (including phenoxy) is 1. The summed E-state index contributed by atoms with van der Waals surface area (Å²) < 4.78 is 32.1. The zero-order valence-corrected chi connectivity index (χ0v) is 14.1. The SMILES string of the molecule is CCOC(=O)CCS(=O)(=O)Nc1c(C)cc(Br)cc1C. The van der Waals surface area contributed by atoms with Crippen molar-refractivity contribution in [2.24, 2.45) is 0 Å². The van der Waals surface area contributed by atoms with E-state index in [1.165, 1.54) is 0 Å². The van der Waals surface area contributed by atoms with Crippen molar-refractivity contribution in [1.29, 1.82) is 0 Å². The molecule has 5 nitrogen and oxygen atoms in total. The normalized spacial score (nSPS) is 11.2. The summed E-state index contributed by atoms with van der Waals surface area (Å²) in [4.78, 5) is 11.2. The van der Waals surface area contributed by atoms with Crippen LogP contribution in [-0.4, -0.2) is 26.7 Å². The average Bonchev–Trinajstić information content (AvgIpc) is 2.32. The minimum Gasteiger partial charge on any atom is -0.466 e. The summed E-state index contributed by atoms with van der Waals surface area (Å²) in [6.45, 7) is 5.57. The van der Waals surface area contributed by atoms with E-state index in [0.717, 1.165) is 15.6 Å². The summed E-state index contributed by atoms with van der Waals surface area (Å²) in [5.41, 5.74) is 2.19. The van der Waals surface area contributed by atoms with Crippen molar-refractivity contribution < 1.29 is 17.9 Å². The highest BCUT2D eigenvalue weighted by Gasteiger charge is 2.16. The number of rotatable bonds is 6. The number of carbonyl (C=O) groups excluding carboxylic acids is 1. The van der Waals surface area contributed by atoms with Crippen LogP contribution in [0.3, 0.4) is 0 Å². The van der Waals surface area contributed by atoms with Gasteiger partial charge in [0.05, 0.1) is 24.5 Å². The van der Waals surface area contributed by atoms with E-state index < -0.39 is 16.0 Å². The second-order valence-corrected chi connectivity index (χ2v) is 7.15. The third-order valence-corrected chi connectivity index (χ3v) is 4.35. The van der Waals surface area contributed by atoms with E-state index in [0.29, 0.717) is 5.69 Å². The minimum atomic E-state index is -3.57. The summed E-state index contributed by atoms with van der Waals surface area (Å²) in [6.07, 6.45) is -0.155. The fraction of sp³-hybridized carbons (Fsp3) is 0.462. The van der Waals surface area contributed by atoms with Crippen LogP contribution in [0.15, 0.2) is 16.6 Å². The molecular weight excluding hydrogens is 346 g/mol. The van der Waals surface area contributed by atoms with E-state index in [1.807, 2.05) is 26.0 Å². The highest BCUT2D eigenvalue weighted by Crippen LogP contribution is 2.26. The number of aryl methyl sites for hydroxylation is 2. The van der Waals surface area contributed by atoms with Crippen molar-refractivity contribution in [3.63, 3.8) is 0 Å². The van der Waals surface area contributed by atoms with Crippen LogP contribution in [-0.2, 0) is 19.6 Å². The van der Waals surface area contributed by atoms with Crippen molar-refractivity contribution in [3.8, 4) is 0 Å². The third kappa shape index (κ3) is 5.13.